The van der Waals surface area contributed by atoms with E-state index in [1.54, 1.807) is 0 Å². The quantitative estimate of drug-likeness (QED) is 0.696. The fourth-order valence-electron chi connectivity index (χ4n) is 1.45. The molecule has 66 valence electrons. The molecule has 2 rings (SSSR count). The minimum Gasteiger partial charge on any atom is -0.491 e. The molecule has 1 aliphatic heterocycles. The lowest BCUT2D eigenvalue weighted by Gasteiger charge is -2.11. The van der Waals surface area contributed by atoms with Crippen molar-refractivity contribution < 1.29 is 4.74 Å². The number of hydrogen-bond acceptors (Lipinski definition) is 2. The second kappa shape index (κ2) is 2.74. The van der Waals surface area contributed by atoms with Gasteiger partial charge in [-0.15, -0.1) is 0 Å². The van der Waals surface area contributed by atoms with Crippen molar-refractivity contribution in [1.29, 1.82) is 5.26 Å². The average molecular weight is 238 g/mol. The van der Waals surface area contributed by atoms with Gasteiger partial charge in [-0.05, 0) is 25.1 Å². The van der Waals surface area contributed by atoms with Gasteiger partial charge in [-0.1, -0.05) is 15.9 Å². The van der Waals surface area contributed by atoms with E-state index >= 15 is 0 Å². The Bertz CT molecular complexity index is 396. The smallest absolute Gasteiger partial charge is 0.124 e. The molecule has 13 heavy (non-hydrogen) atoms. The Balaban J connectivity index is 2.60. The highest BCUT2D eigenvalue weighted by molar-refractivity contribution is 9.10. The van der Waals surface area contributed by atoms with E-state index in [1.165, 1.54) is 0 Å². The Morgan fingerprint density at radius 1 is 1.62 bits per heavy atom. The summed E-state index contributed by atoms with van der Waals surface area (Å²) in [4.78, 5) is 0. The van der Waals surface area contributed by atoms with Crippen molar-refractivity contribution in [3.63, 3.8) is 0 Å². The van der Waals surface area contributed by atoms with Gasteiger partial charge in [0.15, 0.2) is 0 Å². The third-order valence-electron chi connectivity index (χ3n) is 2.30. The maximum absolute atomic E-state index is 9.02. The number of hydrogen-bond donors (Lipinski definition) is 0. The number of halogens is 1. The number of rotatable bonds is 0. The van der Waals surface area contributed by atoms with E-state index in [1.807, 2.05) is 25.1 Å². The van der Waals surface area contributed by atoms with E-state index < -0.39 is 5.41 Å². The van der Waals surface area contributed by atoms with Gasteiger partial charge in [0.25, 0.3) is 0 Å². The molecular weight excluding hydrogens is 230 g/mol. The van der Waals surface area contributed by atoms with Gasteiger partial charge in [0.1, 0.15) is 17.8 Å². The van der Waals surface area contributed by atoms with Crippen LogP contribution >= 0.6 is 15.9 Å². The van der Waals surface area contributed by atoms with Gasteiger partial charge in [-0.25, -0.2) is 0 Å². The van der Waals surface area contributed by atoms with E-state index in [0.717, 1.165) is 15.8 Å². The summed E-state index contributed by atoms with van der Waals surface area (Å²) in [6.07, 6.45) is 0. The molecule has 0 radical (unpaired) electrons. The standard InChI is InChI=1S/C10H8BrNO/c1-10(5-12)6-13-9-3-2-7(11)4-8(9)10/h2-4H,6H2,1H3. The maximum Gasteiger partial charge on any atom is 0.124 e. The van der Waals surface area contributed by atoms with Crippen molar-refractivity contribution >= 4 is 15.9 Å². The number of benzene rings is 1. The summed E-state index contributed by atoms with van der Waals surface area (Å²) in [7, 11) is 0. The monoisotopic (exact) mass is 237 g/mol. The summed E-state index contributed by atoms with van der Waals surface area (Å²) in [6, 6.07) is 8.04. The molecule has 0 spiro atoms. The predicted molar refractivity (Wildman–Crippen MR) is 52.6 cm³/mol. The highest BCUT2D eigenvalue weighted by Gasteiger charge is 2.36. The SMILES string of the molecule is CC1(C#N)COc2ccc(Br)cc21. The lowest BCUT2D eigenvalue weighted by molar-refractivity contribution is 0.310. The second-order valence-corrected chi connectivity index (χ2v) is 4.29. The minimum absolute atomic E-state index is 0.454. The van der Waals surface area contributed by atoms with Crippen LogP contribution in [0, 0.1) is 11.3 Å². The van der Waals surface area contributed by atoms with Crippen LogP contribution in [0.5, 0.6) is 5.75 Å². The number of fused-ring (bicyclic) bond motifs is 1. The summed E-state index contributed by atoms with van der Waals surface area (Å²) in [6.45, 7) is 2.35. The molecule has 1 atom stereocenters. The first-order chi connectivity index (χ1) is 6.15. The summed E-state index contributed by atoms with van der Waals surface area (Å²) in [5.74, 6) is 0.826. The van der Waals surface area contributed by atoms with Crippen molar-refractivity contribution in [3.05, 3.63) is 28.2 Å². The van der Waals surface area contributed by atoms with Crippen LogP contribution in [-0.2, 0) is 5.41 Å². The molecule has 0 N–H and O–H groups in total. The van der Waals surface area contributed by atoms with Gasteiger partial charge >= 0.3 is 0 Å². The van der Waals surface area contributed by atoms with Gasteiger partial charge in [-0.2, -0.15) is 5.26 Å². The Hall–Kier alpha value is -1.01. The molecule has 3 heteroatoms. The van der Waals surface area contributed by atoms with Crippen LogP contribution in [0.1, 0.15) is 12.5 Å². The first-order valence-electron chi connectivity index (χ1n) is 4.00. The van der Waals surface area contributed by atoms with Crippen molar-refractivity contribution in [2.24, 2.45) is 0 Å². The zero-order valence-corrected chi connectivity index (χ0v) is 8.76. The van der Waals surface area contributed by atoms with Crippen molar-refractivity contribution in [3.8, 4) is 11.8 Å². The molecule has 0 amide bonds. The van der Waals surface area contributed by atoms with E-state index in [9.17, 15) is 0 Å². The van der Waals surface area contributed by atoms with Gasteiger partial charge < -0.3 is 4.74 Å². The van der Waals surface area contributed by atoms with Crippen LogP contribution in [0.3, 0.4) is 0 Å². The van der Waals surface area contributed by atoms with E-state index in [0.29, 0.717) is 6.61 Å². The zero-order valence-electron chi connectivity index (χ0n) is 7.17. The fraction of sp³-hybridized carbons (Fsp3) is 0.300. The first kappa shape index (κ1) is 8.58. The first-order valence-corrected chi connectivity index (χ1v) is 4.79. The normalized spacial score (nSPS) is 24.7. The molecule has 1 aromatic carbocycles. The van der Waals surface area contributed by atoms with Crippen LogP contribution in [-0.4, -0.2) is 6.61 Å². The van der Waals surface area contributed by atoms with Crippen molar-refractivity contribution in [1.82, 2.24) is 0 Å². The molecule has 1 heterocycles. The molecule has 1 aromatic rings. The fourth-order valence-corrected chi connectivity index (χ4v) is 1.81. The van der Waals surface area contributed by atoms with Gasteiger partial charge in [-0.3, -0.25) is 0 Å². The van der Waals surface area contributed by atoms with Gasteiger partial charge in [0.2, 0.25) is 0 Å². The summed E-state index contributed by atoms with van der Waals surface area (Å²) in [5.41, 5.74) is 0.489. The Morgan fingerprint density at radius 3 is 3.08 bits per heavy atom. The van der Waals surface area contributed by atoms with Crippen molar-refractivity contribution in [2.75, 3.05) is 6.61 Å². The summed E-state index contributed by atoms with van der Waals surface area (Å²) < 4.78 is 6.40. The van der Waals surface area contributed by atoms with Crippen LogP contribution < -0.4 is 4.74 Å². The van der Waals surface area contributed by atoms with Crippen LogP contribution in [0.2, 0.25) is 0 Å². The molecule has 0 fully saturated rings. The molecule has 0 aromatic heterocycles. The minimum atomic E-state index is -0.487. The molecule has 0 saturated carbocycles. The van der Waals surface area contributed by atoms with Gasteiger partial charge in [0, 0.05) is 10.0 Å². The Morgan fingerprint density at radius 2 is 2.38 bits per heavy atom. The second-order valence-electron chi connectivity index (χ2n) is 3.37. The van der Waals surface area contributed by atoms with Crippen LogP contribution in [0.4, 0.5) is 0 Å². The lowest BCUT2D eigenvalue weighted by Crippen LogP contribution is -2.20. The largest absolute Gasteiger partial charge is 0.491 e. The third-order valence-corrected chi connectivity index (χ3v) is 2.79. The molecule has 1 unspecified atom stereocenters. The maximum atomic E-state index is 9.02. The van der Waals surface area contributed by atoms with Crippen LogP contribution in [0.15, 0.2) is 22.7 Å². The Kier molecular flexibility index (Phi) is 1.81. The number of ether oxygens (including phenoxy) is 1. The summed E-state index contributed by atoms with van der Waals surface area (Å²) in [5, 5.41) is 9.02. The highest BCUT2D eigenvalue weighted by Crippen LogP contribution is 2.39. The third kappa shape index (κ3) is 1.22. The number of nitriles is 1. The van der Waals surface area contributed by atoms with E-state index in [-0.39, 0.29) is 0 Å². The average Bonchev–Trinajstić information content (AvgIpc) is 2.45. The van der Waals surface area contributed by atoms with Crippen molar-refractivity contribution in [2.45, 2.75) is 12.3 Å². The number of nitrogens with zero attached hydrogens (tertiary/aromatic N) is 1. The molecule has 1 aliphatic rings. The molecule has 0 saturated heterocycles. The molecule has 2 nitrogen and oxygen atoms in total. The lowest BCUT2D eigenvalue weighted by atomic mass is 9.86. The van der Waals surface area contributed by atoms with E-state index in [2.05, 4.69) is 22.0 Å². The summed E-state index contributed by atoms with van der Waals surface area (Å²) >= 11 is 3.38. The topological polar surface area (TPSA) is 33.0 Å². The highest BCUT2D eigenvalue weighted by atomic mass is 79.9. The molecule has 0 aliphatic carbocycles. The predicted octanol–water partition coefficient (Wildman–Crippen LogP) is 2.62. The van der Waals surface area contributed by atoms with Crippen LogP contribution in [0.25, 0.3) is 0 Å². The molecule has 0 bridgehead atoms. The van der Waals surface area contributed by atoms with Gasteiger partial charge in [0.05, 0.1) is 6.07 Å². The zero-order chi connectivity index (χ0) is 9.47. The van der Waals surface area contributed by atoms with E-state index in [4.69, 9.17) is 10.00 Å². The Labute approximate surface area is 85.3 Å². The molecular formula is C10H8BrNO.